The quantitative estimate of drug-likeness (QED) is 0.809. The van der Waals surface area contributed by atoms with Crippen molar-refractivity contribution < 1.29 is 0 Å². The van der Waals surface area contributed by atoms with Gasteiger partial charge in [0.25, 0.3) is 0 Å². The van der Waals surface area contributed by atoms with Crippen LogP contribution in [0.5, 0.6) is 0 Å². The summed E-state index contributed by atoms with van der Waals surface area (Å²) in [5, 5.41) is 3.36. The molecule has 0 fully saturated rings. The Balaban J connectivity index is 2.15. The van der Waals surface area contributed by atoms with Crippen molar-refractivity contribution in [2.75, 3.05) is 30.0 Å². The lowest BCUT2D eigenvalue weighted by Crippen LogP contribution is -2.08. The number of anilines is 4. The average molecular weight is 241 g/mol. The van der Waals surface area contributed by atoms with Gasteiger partial charge in [-0.1, -0.05) is 0 Å². The normalized spacial score (nSPS) is 10.2. The molecule has 0 aliphatic rings. The maximum atomic E-state index is 5.80. The van der Waals surface area contributed by atoms with Crippen LogP contribution in [0.15, 0.2) is 42.5 Å². The van der Waals surface area contributed by atoms with Crippen LogP contribution in [0.2, 0.25) is 0 Å². The molecule has 2 aromatic rings. The summed E-state index contributed by atoms with van der Waals surface area (Å²) in [6, 6.07) is 14.3. The van der Waals surface area contributed by atoms with Crippen molar-refractivity contribution in [3.8, 4) is 0 Å². The largest absolute Gasteiger partial charge is 0.399 e. The zero-order valence-corrected chi connectivity index (χ0v) is 11.1. The topological polar surface area (TPSA) is 41.3 Å². The van der Waals surface area contributed by atoms with E-state index in [0.29, 0.717) is 0 Å². The molecule has 0 unspecified atom stereocenters. The Morgan fingerprint density at radius 3 is 2.11 bits per heavy atom. The minimum atomic E-state index is 0.823. The van der Waals surface area contributed by atoms with E-state index in [1.54, 1.807) is 0 Å². The first-order valence-electron chi connectivity index (χ1n) is 5.97. The van der Waals surface area contributed by atoms with Crippen LogP contribution in [0, 0.1) is 6.92 Å². The molecular formula is C15H19N3. The summed E-state index contributed by atoms with van der Waals surface area (Å²) in [5.41, 5.74) is 11.0. The maximum absolute atomic E-state index is 5.80. The van der Waals surface area contributed by atoms with Crippen molar-refractivity contribution >= 4 is 22.7 Å². The van der Waals surface area contributed by atoms with Gasteiger partial charge in [0.05, 0.1) is 0 Å². The maximum Gasteiger partial charge on any atom is 0.0388 e. The second kappa shape index (κ2) is 5.00. The highest BCUT2D eigenvalue weighted by Gasteiger charge is 1.99. The molecular weight excluding hydrogens is 222 g/mol. The lowest BCUT2D eigenvalue weighted by molar-refractivity contribution is 1.13. The van der Waals surface area contributed by atoms with E-state index in [9.17, 15) is 0 Å². The van der Waals surface area contributed by atoms with E-state index in [4.69, 9.17) is 5.73 Å². The Bertz CT molecular complexity index is 530. The Hall–Kier alpha value is -2.16. The summed E-state index contributed by atoms with van der Waals surface area (Å²) in [5.74, 6) is 0. The standard InChI is InChI=1S/C15H19N3/c1-11-10-13(6-9-15(11)16)17-12-4-7-14(8-5-12)18(2)3/h4-10,17H,16H2,1-3H3. The van der Waals surface area contributed by atoms with Gasteiger partial charge in [-0.25, -0.2) is 0 Å². The fourth-order valence-corrected chi connectivity index (χ4v) is 1.76. The molecule has 3 N–H and O–H groups in total. The molecule has 0 saturated heterocycles. The second-order valence-corrected chi connectivity index (χ2v) is 4.64. The van der Waals surface area contributed by atoms with Crippen LogP contribution < -0.4 is 16.0 Å². The summed E-state index contributed by atoms with van der Waals surface area (Å²) < 4.78 is 0. The molecule has 0 amide bonds. The van der Waals surface area contributed by atoms with Crippen LogP contribution >= 0.6 is 0 Å². The van der Waals surface area contributed by atoms with E-state index in [-0.39, 0.29) is 0 Å². The summed E-state index contributed by atoms with van der Waals surface area (Å²) in [6.45, 7) is 2.01. The van der Waals surface area contributed by atoms with Gasteiger partial charge in [0.15, 0.2) is 0 Å². The molecule has 3 nitrogen and oxygen atoms in total. The monoisotopic (exact) mass is 241 g/mol. The Labute approximate surface area is 108 Å². The van der Waals surface area contributed by atoms with Crippen molar-refractivity contribution in [2.24, 2.45) is 0 Å². The number of hydrogen-bond donors (Lipinski definition) is 2. The SMILES string of the molecule is Cc1cc(Nc2ccc(N(C)C)cc2)ccc1N. The van der Waals surface area contributed by atoms with Gasteiger partial charge in [0.1, 0.15) is 0 Å². The molecule has 0 spiro atoms. The van der Waals surface area contributed by atoms with Gasteiger partial charge in [-0.3, -0.25) is 0 Å². The summed E-state index contributed by atoms with van der Waals surface area (Å²) in [7, 11) is 4.07. The highest BCUT2D eigenvalue weighted by atomic mass is 15.1. The summed E-state index contributed by atoms with van der Waals surface area (Å²) in [4.78, 5) is 2.08. The molecule has 0 saturated carbocycles. The van der Waals surface area contributed by atoms with E-state index in [0.717, 1.165) is 22.6 Å². The molecule has 2 aromatic carbocycles. The van der Waals surface area contributed by atoms with Gasteiger partial charge < -0.3 is 16.0 Å². The Kier molecular flexibility index (Phi) is 3.42. The molecule has 3 heteroatoms. The van der Waals surface area contributed by atoms with Gasteiger partial charge in [0.2, 0.25) is 0 Å². The highest BCUT2D eigenvalue weighted by Crippen LogP contribution is 2.22. The van der Waals surface area contributed by atoms with Gasteiger partial charge in [-0.05, 0) is 55.0 Å². The molecule has 2 rings (SSSR count). The Morgan fingerprint density at radius 1 is 0.944 bits per heavy atom. The van der Waals surface area contributed by atoms with Crippen LogP contribution in [0.1, 0.15) is 5.56 Å². The molecule has 18 heavy (non-hydrogen) atoms. The van der Waals surface area contributed by atoms with Crippen LogP contribution in [0.25, 0.3) is 0 Å². The van der Waals surface area contributed by atoms with Crippen LogP contribution in [-0.4, -0.2) is 14.1 Å². The van der Waals surface area contributed by atoms with E-state index < -0.39 is 0 Å². The van der Waals surface area contributed by atoms with Gasteiger partial charge in [-0.15, -0.1) is 0 Å². The van der Waals surface area contributed by atoms with Crippen LogP contribution in [0.4, 0.5) is 22.7 Å². The predicted molar refractivity (Wildman–Crippen MR) is 79.6 cm³/mol. The number of rotatable bonds is 3. The number of nitrogens with zero attached hydrogens (tertiary/aromatic N) is 1. The summed E-state index contributed by atoms with van der Waals surface area (Å²) in [6.07, 6.45) is 0. The number of nitrogens with two attached hydrogens (primary N) is 1. The van der Waals surface area contributed by atoms with Crippen molar-refractivity contribution in [1.29, 1.82) is 0 Å². The van der Waals surface area contributed by atoms with Crippen molar-refractivity contribution in [2.45, 2.75) is 6.92 Å². The molecule has 0 atom stereocenters. The van der Waals surface area contributed by atoms with E-state index in [1.165, 1.54) is 5.69 Å². The first-order chi connectivity index (χ1) is 8.56. The van der Waals surface area contributed by atoms with Gasteiger partial charge >= 0.3 is 0 Å². The molecule has 94 valence electrons. The van der Waals surface area contributed by atoms with E-state index in [2.05, 4.69) is 40.5 Å². The minimum Gasteiger partial charge on any atom is -0.399 e. The fourth-order valence-electron chi connectivity index (χ4n) is 1.76. The van der Waals surface area contributed by atoms with Crippen LogP contribution in [-0.2, 0) is 0 Å². The number of aryl methyl sites for hydroxylation is 1. The van der Waals surface area contributed by atoms with Crippen molar-refractivity contribution in [3.63, 3.8) is 0 Å². The number of hydrogen-bond acceptors (Lipinski definition) is 3. The predicted octanol–water partition coefficient (Wildman–Crippen LogP) is 3.39. The van der Waals surface area contributed by atoms with E-state index in [1.807, 2.05) is 33.2 Å². The zero-order chi connectivity index (χ0) is 13.1. The zero-order valence-electron chi connectivity index (χ0n) is 11.1. The fraction of sp³-hybridized carbons (Fsp3) is 0.200. The van der Waals surface area contributed by atoms with Crippen molar-refractivity contribution in [3.05, 3.63) is 48.0 Å². The highest BCUT2D eigenvalue weighted by molar-refractivity contribution is 5.65. The molecule has 0 heterocycles. The number of nitrogens with one attached hydrogen (secondary N) is 1. The molecule has 0 bridgehead atoms. The molecule has 0 aliphatic heterocycles. The molecule has 0 aliphatic carbocycles. The van der Waals surface area contributed by atoms with Gasteiger partial charge in [-0.2, -0.15) is 0 Å². The average Bonchev–Trinajstić information content (AvgIpc) is 2.34. The first-order valence-corrected chi connectivity index (χ1v) is 5.97. The third kappa shape index (κ3) is 2.74. The van der Waals surface area contributed by atoms with Crippen LogP contribution in [0.3, 0.4) is 0 Å². The second-order valence-electron chi connectivity index (χ2n) is 4.64. The lowest BCUT2D eigenvalue weighted by atomic mass is 10.2. The smallest absolute Gasteiger partial charge is 0.0388 e. The summed E-state index contributed by atoms with van der Waals surface area (Å²) >= 11 is 0. The van der Waals surface area contributed by atoms with Crippen molar-refractivity contribution in [1.82, 2.24) is 0 Å². The lowest BCUT2D eigenvalue weighted by Gasteiger charge is -2.13. The minimum absolute atomic E-state index is 0.823. The number of benzene rings is 2. The van der Waals surface area contributed by atoms with Gasteiger partial charge in [0, 0.05) is 36.8 Å². The molecule has 0 radical (unpaired) electrons. The number of nitrogen functional groups attached to an aromatic ring is 1. The third-order valence-corrected chi connectivity index (χ3v) is 2.94. The Morgan fingerprint density at radius 2 is 1.56 bits per heavy atom. The van der Waals surface area contributed by atoms with E-state index >= 15 is 0 Å². The first kappa shape index (κ1) is 12.3. The third-order valence-electron chi connectivity index (χ3n) is 2.94. The molecule has 0 aromatic heterocycles.